The molecule has 1 aliphatic rings. The number of hydrogen-bond acceptors (Lipinski definition) is 4. The number of nitrogens with one attached hydrogen (secondary N) is 1. The predicted octanol–water partition coefficient (Wildman–Crippen LogP) is 0.613. The lowest BCUT2D eigenvalue weighted by atomic mass is 10.0. The molecule has 1 N–H and O–H groups in total. The summed E-state index contributed by atoms with van der Waals surface area (Å²) >= 11 is 0. The van der Waals surface area contributed by atoms with Crippen LogP contribution in [0.1, 0.15) is 12.8 Å². The molecule has 0 saturated carbocycles. The first-order valence-electron chi connectivity index (χ1n) is 4.98. The van der Waals surface area contributed by atoms with E-state index < -0.39 is 9.84 Å². The van der Waals surface area contributed by atoms with Crippen LogP contribution in [0.25, 0.3) is 0 Å². The monoisotopic (exact) mass is 230 g/mol. The van der Waals surface area contributed by atoms with Crippen LogP contribution in [0.15, 0.2) is 12.4 Å². The third kappa shape index (κ3) is 2.95. The molecule has 0 atom stereocenters. The summed E-state index contributed by atoms with van der Waals surface area (Å²) in [6.45, 7) is 0.578. The summed E-state index contributed by atoms with van der Waals surface area (Å²) < 4.78 is 27.8. The highest BCUT2D eigenvalue weighted by molar-refractivity contribution is 7.91. The van der Waals surface area contributed by atoms with Crippen LogP contribution >= 0.6 is 0 Å². The van der Waals surface area contributed by atoms with Gasteiger partial charge in [0.2, 0.25) is 0 Å². The van der Waals surface area contributed by atoms with Gasteiger partial charge in [-0.2, -0.15) is 5.10 Å². The Morgan fingerprint density at radius 3 is 2.80 bits per heavy atom. The summed E-state index contributed by atoms with van der Waals surface area (Å²) in [5, 5.41) is 6.42. The zero-order chi connectivity index (χ0) is 10.7. The third-order valence-corrected chi connectivity index (χ3v) is 4.35. The van der Waals surface area contributed by atoms with Crippen LogP contribution in [0, 0.1) is 5.92 Å². The number of hydrogen-bond donors (Lipinski definition) is 1. The molecular weight excluding hydrogens is 216 g/mol. The Labute approximate surface area is 88.8 Å². The smallest absolute Gasteiger partial charge is 0.156 e. The quantitative estimate of drug-likeness (QED) is 0.826. The number of ether oxygens (including phenoxy) is 1. The van der Waals surface area contributed by atoms with Crippen molar-refractivity contribution in [2.45, 2.75) is 12.8 Å². The Morgan fingerprint density at radius 1 is 1.47 bits per heavy atom. The number of H-pyrrole nitrogens is 1. The molecule has 0 aliphatic carbocycles. The first-order valence-corrected chi connectivity index (χ1v) is 6.80. The zero-order valence-electron chi connectivity index (χ0n) is 8.35. The second-order valence-electron chi connectivity index (χ2n) is 3.84. The van der Waals surface area contributed by atoms with Crippen molar-refractivity contribution in [3.05, 3.63) is 12.4 Å². The first-order chi connectivity index (χ1) is 7.16. The van der Waals surface area contributed by atoms with E-state index in [0.717, 1.165) is 0 Å². The van der Waals surface area contributed by atoms with E-state index in [-0.39, 0.29) is 0 Å². The van der Waals surface area contributed by atoms with E-state index in [1.807, 2.05) is 0 Å². The van der Waals surface area contributed by atoms with Crippen LogP contribution in [0.3, 0.4) is 0 Å². The van der Waals surface area contributed by atoms with Gasteiger partial charge in [0.15, 0.2) is 5.75 Å². The molecule has 1 saturated heterocycles. The van der Waals surface area contributed by atoms with Gasteiger partial charge in [0, 0.05) is 0 Å². The Hall–Kier alpha value is -1.04. The lowest BCUT2D eigenvalue weighted by molar-refractivity contribution is 0.238. The van der Waals surface area contributed by atoms with Gasteiger partial charge in [-0.05, 0) is 18.8 Å². The van der Waals surface area contributed by atoms with Gasteiger partial charge in [-0.25, -0.2) is 8.42 Å². The van der Waals surface area contributed by atoms with Crippen LogP contribution in [0.4, 0.5) is 0 Å². The number of aromatic amines is 1. The molecule has 0 bridgehead atoms. The number of rotatable bonds is 3. The molecule has 2 heterocycles. The number of aromatic nitrogens is 2. The summed E-state index contributed by atoms with van der Waals surface area (Å²) in [4.78, 5) is 0. The normalized spacial score (nSPS) is 21.3. The van der Waals surface area contributed by atoms with E-state index in [4.69, 9.17) is 4.74 Å². The Balaban J connectivity index is 1.78. The standard InChI is InChI=1S/C9H14N2O3S/c12-15(13)3-1-8(2-4-15)7-14-9-5-10-11-6-9/h5-6,8H,1-4,7H2,(H,10,11). The Kier molecular flexibility index (Phi) is 2.95. The molecule has 1 fully saturated rings. The second-order valence-corrected chi connectivity index (χ2v) is 6.14. The summed E-state index contributed by atoms with van der Waals surface area (Å²) in [7, 11) is -2.76. The average molecular weight is 230 g/mol. The SMILES string of the molecule is O=S1(=O)CCC(COc2cn[nH]c2)CC1. The van der Waals surface area contributed by atoms with Gasteiger partial charge in [-0.3, -0.25) is 5.10 Å². The van der Waals surface area contributed by atoms with Gasteiger partial charge >= 0.3 is 0 Å². The number of nitrogens with zero attached hydrogens (tertiary/aromatic N) is 1. The summed E-state index contributed by atoms with van der Waals surface area (Å²) in [6, 6.07) is 0. The average Bonchev–Trinajstić information content (AvgIpc) is 2.69. The Morgan fingerprint density at radius 2 is 2.20 bits per heavy atom. The van der Waals surface area contributed by atoms with E-state index in [1.165, 1.54) is 0 Å². The van der Waals surface area contributed by atoms with Crippen LogP contribution in [-0.2, 0) is 9.84 Å². The molecule has 1 aliphatic heterocycles. The minimum Gasteiger partial charge on any atom is -0.490 e. The fourth-order valence-corrected chi connectivity index (χ4v) is 3.23. The second kappa shape index (κ2) is 4.22. The maximum atomic E-state index is 11.2. The first kappa shape index (κ1) is 10.5. The highest BCUT2D eigenvalue weighted by Crippen LogP contribution is 2.20. The highest BCUT2D eigenvalue weighted by atomic mass is 32.2. The maximum absolute atomic E-state index is 11.2. The third-order valence-electron chi connectivity index (χ3n) is 2.63. The minimum atomic E-state index is -2.76. The maximum Gasteiger partial charge on any atom is 0.156 e. The van der Waals surface area contributed by atoms with Crippen molar-refractivity contribution in [1.82, 2.24) is 10.2 Å². The van der Waals surface area contributed by atoms with Gasteiger partial charge in [0.05, 0.1) is 30.5 Å². The van der Waals surface area contributed by atoms with Gasteiger partial charge in [0.25, 0.3) is 0 Å². The molecule has 1 aromatic rings. The largest absolute Gasteiger partial charge is 0.490 e. The highest BCUT2D eigenvalue weighted by Gasteiger charge is 2.23. The molecule has 6 heteroatoms. The van der Waals surface area contributed by atoms with Crippen molar-refractivity contribution < 1.29 is 13.2 Å². The molecule has 2 rings (SSSR count). The van der Waals surface area contributed by atoms with Crippen LogP contribution in [0.2, 0.25) is 0 Å². The van der Waals surface area contributed by atoms with Gasteiger partial charge < -0.3 is 4.74 Å². The molecule has 0 amide bonds. The van der Waals surface area contributed by atoms with Crippen molar-refractivity contribution in [2.24, 2.45) is 5.92 Å². The van der Waals surface area contributed by atoms with E-state index in [0.29, 0.717) is 42.6 Å². The molecule has 0 unspecified atom stereocenters. The minimum absolute atomic E-state index is 0.298. The fourth-order valence-electron chi connectivity index (χ4n) is 1.64. The van der Waals surface area contributed by atoms with Crippen LogP contribution in [-0.4, -0.2) is 36.7 Å². The van der Waals surface area contributed by atoms with Gasteiger partial charge in [-0.15, -0.1) is 0 Å². The van der Waals surface area contributed by atoms with Crippen molar-refractivity contribution in [3.8, 4) is 5.75 Å². The zero-order valence-corrected chi connectivity index (χ0v) is 9.16. The molecule has 84 valence electrons. The van der Waals surface area contributed by atoms with Gasteiger partial charge in [0.1, 0.15) is 9.84 Å². The van der Waals surface area contributed by atoms with E-state index in [9.17, 15) is 8.42 Å². The van der Waals surface area contributed by atoms with E-state index in [1.54, 1.807) is 12.4 Å². The Bertz CT molecular complexity index is 385. The molecule has 1 aromatic heterocycles. The molecular formula is C9H14N2O3S. The summed E-state index contributed by atoms with van der Waals surface area (Å²) in [5.41, 5.74) is 0. The molecule has 0 radical (unpaired) electrons. The van der Waals surface area contributed by atoms with Crippen molar-refractivity contribution in [3.63, 3.8) is 0 Å². The van der Waals surface area contributed by atoms with Crippen molar-refractivity contribution in [2.75, 3.05) is 18.1 Å². The molecule has 15 heavy (non-hydrogen) atoms. The molecule has 0 spiro atoms. The predicted molar refractivity (Wildman–Crippen MR) is 55.5 cm³/mol. The summed E-state index contributed by atoms with van der Waals surface area (Å²) in [5.74, 6) is 1.66. The summed E-state index contributed by atoms with van der Waals surface area (Å²) in [6.07, 6.45) is 4.71. The topological polar surface area (TPSA) is 72.1 Å². The van der Waals surface area contributed by atoms with Crippen LogP contribution in [0.5, 0.6) is 5.75 Å². The molecule has 0 aromatic carbocycles. The van der Waals surface area contributed by atoms with E-state index >= 15 is 0 Å². The fraction of sp³-hybridized carbons (Fsp3) is 0.667. The van der Waals surface area contributed by atoms with Gasteiger partial charge in [-0.1, -0.05) is 0 Å². The number of sulfone groups is 1. The molecule has 5 nitrogen and oxygen atoms in total. The van der Waals surface area contributed by atoms with Crippen LogP contribution < -0.4 is 4.74 Å². The van der Waals surface area contributed by atoms with Crippen molar-refractivity contribution >= 4 is 9.84 Å². The van der Waals surface area contributed by atoms with E-state index in [2.05, 4.69) is 10.2 Å². The lowest BCUT2D eigenvalue weighted by Crippen LogP contribution is -2.26. The lowest BCUT2D eigenvalue weighted by Gasteiger charge is -2.21. The van der Waals surface area contributed by atoms with Crippen molar-refractivity contribution in [1.29, 1.82) is 0 Å².